The molecule has 3 rings (SSSR count). The molecule has 2 amide bonds. The summed E-state index contributed by atoms with van der Waals surface area (Å²) in [6.45, 7) is 4.54. The quantitative estimate of drug-likeness (QED) is 0.798. The Labute approximate surface area is 143 Å². The number of nitrogens with zero attached hydrogens (tertiary/aromatic N) is 3. The van der Waals surface area contributed by atoms with Crippen LogP contribution in [0.4, 0.5) is 10.6 Å². The van der Waals surface area contributed by atoms with Gasteiger partial charge in [0.15, 0.2) is 5.82 Å². The Bertz CT molecular complexity index is 527. The molecule has 1 aromatic rings. The minimum Gasteiger partial charge on any atom is -0.383 e. The summed E-state index contributed by atoms with van der Waals surface area (Å²) in [6, 6.07) is 1.87. The second-order valence-electron chi connectivity index (χ2n) is 6.95. The van der Waals surface area contributed by atoms with Gasteiger partial charge in [-0.25, -0.2) is 4.79 Å². The van der Waals surface area contributed by atoms with Gasteiger partial charge in [-0.15, -0.1) is 0 Å². The topological polar surface area (TPSA) is 71.4 Å². The summed E-state index contributed by atoms with van der Waals surface area (Å²) >= 11 is 0. The van der Waals surface area contributed by atoms with Crippen LogP contribution in [0.1, 0.15) is 32.1 Å². The molecule has 24 heavy (non-hydrogen) atoms. The van der Waals surface area contributed by atoms with Gasteiger partial charge in [-0.3, -0.25) is 10.00 Å². The Morgan fingerprint density at radius 2 is 2.21 bits per heavy atom. The Balaban J connectivity index is 1.38. The van der Waals surface area contributed by atoms with Crippen molar-refractivity contribution in [2.24, 2.45) is 5.92 Å². The van der Waals surface area contributed by atoms with Crippen LogP contribution in [0.15, 0.2) is 12.3 Å². The SMILES string of the molecule is COCCn1ccc(NC(=O)NC2CCN(CC3CCCC3)C2)n1. The van der Waals surface area contributed by atoms with Crippen LogP contribution in [-0.4, -0.2) is 60.1 Å². The summed E-state index contributed by atoms with van der Waals surface area (Å²) in [5.41, 5.74) is 0. The van der Waals surface area contributed by atoms with Crippen molar-refractivity contribution in [3.63, 3.8) is 0 Å². The lowest BCUT2D eigenvalue weighted by Crippen LogP contribution is -2.40. The van der Waals surface area contributed by atoms with Gasteiger partial charge in [-0.05, 0) is 25.2 Å². The zero-order valence-electron chi connectivity index (χ0n) is 14.5. The van der Waals surface area contributed by atoms with Crippen molar-refractivity contribution < 1.29 is 9.53 Å². The lowest BCUT2D eigenvalue weighted by Gasteiger charge is -2.20. The van der Waals surface area contributed by atoms with E-state index in [1.54, 1.807) is 17.9 Å². The van der Waals surface area contributed by atoms with E-state index in [1.807, 2.05) is 6.20 Å². The average Bonchev–Trinajstić information content (AvgIpc) is 3.29. The first-order valence-electron chi connectivity index (χ1n) is 9.05. The van der Waals surface area contributed by atoms with Crippen LogP contribution in [-0.2, 0) is 11.3 Å². The van der Waals surface area contributed by atoms with Crippen LogP contribution in [0, 0.1) is 5.92 Å². The Kier molecular flexibility index (Phi) is 6.09. The van der Waals surface area contributed by atoms with E-state index in [-0.39, 0.29) is 12.1 Å². The van der Waals surface area contributed by atoms with Gasteiger partial charge in [0.2, 0.25) is 0 Å². The molecule has 1 saturated carbocycles. The smallest absolute Gasteiger partial charge is 0.320 e. The molecule has 1 atom stereocenters. The van der Waals surface area contributed by atoms with Crippen molar-refractivity contribution in [1.29, 1.82) is 0 Å². The number of carbonyl (C=O) groups is 1. The standard InChI is InChI=1S/C17H29N5O2/c1-24-11-10-22-9-7-16(20-22)19-17(23)18-15-6-8-21(13-15)12-14-4-2-3-5-14/h7,9,14-15H,2-6,8,10-13H2,1H3,(H2,18,19,20,23). The van der Waals surface area contributed by atoms with Crippen molar-refractivity contribution >= 4 is 11.8 Å². The van der Waals surface area contributed by atoms with E-state index in [9.17, 15) is 4.79 Å². The largest absolute Gasteiger partial charge is 0.383 e. The van der Waals surface area contributed by atoms with E-state index in [0.29, 0.717) is 19.0 Å². The Morgan fingerprint density at radius 3 is 3.00 bits per heavy atom. The van der Waals surface area contributed by atoms with E-state index < -0.39 is 0 Å². The molecule has 0 radical (unpaired) electrons. The molecule has 1 aromatic heterocycles. The lowest BCUT2D eigenvalue weighted by atomic mass is 10.1. The molecule has 1 unspecified atom stereocenters. The van der Waals surface area contributed by atoms with Crippen LogP contribution >= 0.6 is 0 Å². The van der Waals surface area contributed by atoms with E-state index in [2.05, 4.69) is 20.6 Å². The number of aromatic nitrogens is 2. The van der Waals surface area contributed by atoms with Gasteiger partial charge in [-0.2, -0.15) is 5.10 Å². The van der Waals surface area contributed by atoms with E-state index in [0.717, 1.165) is 25.4 Å². The predicted molar refractivity (Wildman–Crippen MR) is 93.1 cm³/mol. The summed E-state index contributed by atoms with van der Waals surface area (Å²) in [5.74, 6) is 1.44. The highest BCUT2D eigenvalue weighted by Crippen LogP contribution is 2.26. The van der Waals surface area contributed by atoms with Crippen LogP contribution in [0.2, 0.25) is 0 Å². The fourth-order valence-corrected chi connectivity index (χ4v) is 3.75. The van der Waals surface area contributed by atoms with E-state index in [4.69, 9.17) is 4.74 Å². The first-order valence-corrected chi connectivity index (χ1v) is 9.05. The number of amides is 2. The van der Waals surface area contributed by atoms with E-state index >= 15 is 0 Å². The molecule has 1 aliphatic heterocycles. The third-order valence-electron chi connectivity index (χ3n) is 5.01. The normalized spacial score (nSPS) is 22.1. The molecule has 0 bridgehead atoms. The molecule has 2 fully saturated rings. The minimum absolute atomic E-state index is 0.167. The van der Waals surface area contributed by atoms with Gasteiger partial charge in [-0.1, -0.05) is 12.8 Å². The highest BCUT2D eigenvalue weighted by molar-refractivity contribution is 5.88. The second-order valence-corrected chi connectivity index (χ2v) is 6.95. The lowest BCUT2D eigenvalue weighted by molar-refractivity contribution is 0.183. The van der Waals surface area contributed by atoms with Crippen molar-refractivity contribution in [2.45, 2.75) is 44.7 Å². The first kappa shape index (κ1) is 17.2. The molecule has 134 valence electrons. The third kappa shape index (κ3) is 4.95. The van der Waals surface area contributed by atoms with Gasteiger partial charge in [0.25, 0.3) is 0 Å². The number of hydrogen-bond acceptors (Lipinski definition) is 4. The van der Waals surface area contributed by atoms with Crippen molar-refractivity contribution in [2.75, 3.05) is 38.7 Å². The van der Waals surface area contributed by atoms with Gasteiger partial charge in [0.1, 0.15) is 0 Å². The first-order chi connectivity index (χ1) is 11.7. The summed E-state index contributed by atoms with van der Waals surface area (Å²) < 4.78 is 6.78. The van der Waals surface area contributed by atoms with Crippen molar-refractivity contribution in [3.05, 3.63) is 12.3 Å². The van der Waals surface area contributed by atoms with Crippen LogP contribution in [0.3, 0.4) is 0 Å². The van der Waals surface area contributed by atoms with Gasteiger partial charge in [0.05, 0.1) is 13.2 Å². The predicted octanol–water partition coefficient (Wildman–Crippen LogP) is 1.92. The minimum atomic E-state index is -0.167. The zero-order valence-corrected chi connectivity index (χ0v) is 14.5. The number of urea groups is 1. The van der Waals surface area contributed by atoms with Crippen LogP contribution in [0.5, 0.6) is 0 Å². The Morgan fingerprint density at radius 1 is 1.38 bits per heavy atom. The number of hydrogen-bond donors (Lipinski definition) is 2. The number of carbonyl (C=O) groups excluding carboxylic acids is 1. The molecule has 0 spiro atoms. The maximum Gasteiger partial charge on any atom is 0.320 e. The Hall–Kier alpha value is -1.60. The highest BCUT2D eigenvalue weighted by Gasteiger charge is 2.27. The summed E-state index contributed by atoms with van der Waals surface area (Å²) in [7, 11) is 1.66. The number of anilines is 1. The maximum atomic E-state index is 12.1. The molecular weight excluding hydrogens is 306 g/mol. The van der Waals surface area contributed by atoms with Crippen molar-refractivity contribution in [3.8, 4) is 0 Å². The fraction of sp³-hybridized carbons (Fsp3) is 0.765. The van der Waals surface area contributed by atoms with Crippen molar-refractivity contribution in [1.82, 2.24) is 20.0 Å². The van der Waals surface area contributed by atoms with Gasteiger partial charge in [0, 0.05) is 45.0 Å². The molecule has 2 heterocycles. The van der Waals surface area contributed by atoms with Crippen LogP contribution < -0.4 is 10.6 Å². The fourth-order valence-electron chi connectivity index (χ4n) is 3.75. The maximum absolute atomic E-state index is 12.1. The van der Waals surface area contributed by atoms with Crippen LogP contribution in [0.25, 0.3) is 0 Å². The summed E-state index contributed by atoms with van der Waals surface area (Å²) in [6.07, 6.45) is 8.40. The molecule has 7 nitrogen and oxygen atoms in total. The molecule has 1 aliphatic carbocycles. The molecule has 1 saturated heterocycles. The van der Waals surface area contributed by atoms with Gasteiger partial charge >= 0.3 is 6.03 Å². The zero-order chi connectivity index (χ0) is 16.8. The molecule has 2 aliphatic rings. The second kappa shape index (κ2) is 8.48. The number of methoxy groups -OCH3 is 1. The monoisotopic (exact) mass is 335 g/mol. The number of ether oxygens (including phenoxy) is 1. The van der Waals surface area contributed by atoms with Gasteiger partial charge < -0.3 is 15.0 Å². The molecule has 7 heteroatoms. The summed E-state index contributed by atoms with van der Waals surface area (Å²) in [5, 5.41) is 10.2. The molecular formula is C17H29N5O2. The average molecular weight is 335 g/mol. The number of likely N-dealkylation sites (tertiary alicyclic amines) is 1. The number of nitrogens with one attached hydrogen (secondary N) is 2. The third-order valence-corrected chi connectivity index (χ3v) is 5.01. The highest BCUT2D eigenvalue weighted by atomic mass is 16.5. The molecule has 2 N–H and O–H groups in total. The number of rotatable bonds is 7. The summed E-state index contributed by atoms with van der Waals surface area (Å²) in [4.78, 5) is 14.6. The van der Waals surface area contributed by atoms with E-state index in [1.165, 1.54) is 32.2 Å². The molecule has 0 aromatic carbocycles.